The number of carboxylic acids is 1. The maximum Gasteiger partial charge on any atom is 0.337 e. The number of halogens is 4. The molecule has 9 heteroatoms. The van der Waals surface area contributed by atoms with Gasteiger partial charge in [0.1, 0.15) is 5.75 Å². The molecule has 31 heavy (non-hydrogen) atoms. The van der Waals surface area contributed by atoms with E-state index >= 15 is 0 Å². The lowest BCUT2D eigenvalue weighted by molar-refractivity contribution is 0.0691. The number of benzene rings is 2. The molecule has 0 aliphatic rings. The molecular weight excluding hydrogens is 662 g/mol. The van der Waals surface area contributed by atoms with Crippen LogP contribution in [0.5, 0.6) is 5.75 Å². The molecule has 0 radical (unpaired) electrons. The Bertz CT molecular complexity index is 932. The van der Waals surface area contributed by atoms with E-state index in [1.165, 1.54) is 25.7 Å². The number of carbonyl (C=O) groups excluding carboxylic acids is 1. The molecule has 2 aromatic rings. The molecule has 0 fully saturated rings. The first-order valence-corrected chi connectivity index (χ1v) is 13.1. The normalized spacial score (nSPS) is 10.7. The summed E-state index contributed by atoms with van der Waals surface area (Å²) in [6, 6.07) is 7.03. The molecule has 2 rings (SSSR count). The fourth-order valence-corrected chi connectivity index (χ4v) is 5.41. The van der Waals surface area contributed by atoms with Gasteiger partial charge in [-0.05, 0) is 94.4 Å². The second kappa shape index (κ2) is 13.0. The minimum atomic E-state index is -1.22. The molecule has 0 heterocycles. The molecule has 5 nitrogen and oxygen atoms in total. The van der Waals surface area contributed by atoms with E-state index < -0.39 is 11.9 Å². The summed E-state index contributed by atoms with van der Waals surface area (Å²) in [4.78, 5) is 24.7. The molecule has 0 aliphatic heterocycles. The number of hydrogen-bond acceptors (Lipinski definition) is 3. The predicted molar refractivity (Wildman–Crippen MR) is 137 cm³/mol. The minimum Gasteiger partial charge on any atom is -0.494 e. The fraction of sp³-hybridized carbons (Fsp3) is 0.364. The molecule has 0 unspecified atom stereocenters. The first-order valence-electron chi connectivity index (χ1n) is 9.91. The molecule has 0 saturated carbocycles. The van der Waals surface area contributed by atoms with Crippen molar-refractivity contribution in [2.75, 3.05) is 11.9 Å². The number of amides is 1. The van der Waals surface area contributed by atoms with Crippen molar-refractivity contribution in [2.45, 2.75) is 45.4 Å². The maximum absolute atomic E-state index is 12.9. The van der Waals surface area contributed by atoms with Crippen LogP contribution in [0.3, 0.4) is 0 Å². The van der Waals surface area contributed by atoms with Gasteiger partial charge in [0.2, 0.25) is 0 Å². The first-order chi connectivity index (χ1) is 14.8. The quantitative estimate of drug-likeness (QED) is 0.142. The van der Waals surface area contributed by atoms with Gasteiger partial charge in [-0.25, -0.2) is 4.79 Å². The van der Waals surface area contributed by atoms with Gasteiger partial charge in [-0.1, -0.05) is 39.0 Å². The monoisotopic (exact) mass is 681 g/mol. The van der Waals surface area contributed by atoms with E-state index in [0.29, 0.717) is 25.7 Å². The summed E-state index contributed by atoms with van der Waals surface area (Å²) in [5.74, 6) is -1.03. The highest BCUT2D eigenvalue weighted by Crippen LogP contribution is 2.42. The van der Waals surface area contributed by atoms with Gasteiger partial charge >= 0.3 is 5.97 Å². The first kappa shape index (κ1) is 26.4. The summed E-state index contributed by atoms with van der Waals surface area (Å²) in [7, 11) is 0. The van der Waals surface area contributed by atoms with Crippen molar-refractivity contribution in [1.29, 1.82) is 0 Å². The summed E-state index contributed by atoms with van der Waals surface area (Å²) < 4.78 is 7.41. The molecule has 0 saturated heterocycles. The highest BCUT2D eigenvalue weighted by atomic mass is 79.9. The predicted octanol–water partition coefficient (Wildman–Crippen LogP) is 8.43. The average molecular weight is 685 g/mol. The number of carboxylic acid groups (broad SMARTS) is 1. The summed E-state index contributed by atoms with van der Waals surface area (Å²) >= 11 is 13.3. The standard InChI is InChI=1S/C22H23Br4NO4/c1-2-3-4-5-6-7-12-31-14-10-8-13(9-11-14)27-21(28)15-16(22(29)30)18(24)20(26)19(25)17(15)23/h8-11H,2-7,12H2,1H3,(H,27,28)(H,29,30). The Morgan fingerprint density at radius 3 is 1.97 bits per heavy atom. The largest absolute Gasteiger partial charge is 0.494 e. The van der Waals surface area contributed by atoms with E-state index in [1.54, 1.807) is 24.3 Å². The van der Waals surface area contributed by atoms with Crippen LogP contribution in [0.15, 0.2) is 42.2 Å². The molecule has 0 bridgehead atoms. The lowest BCUT2D eigenvalue weighted by Gasteiger charge is -2.15. The second-order valence-corrected chi connectivity index (χ2v) is 10.1. The number of carbonyl (C=O) groups is 2. The van der Waals surface area contributed by atoms with Gasteiger partial charge in [0.15, 0.2) is 0 Å². The van der Waals surface area contributed by atoms with Crippen LogP contribution in [-0.4, -0.2) is 23.6 Å². The summed E-state index contributed by atoms with van der Waals surface area (Å²) in [6.07, 6.45) is 7.21. The van der Waals surface area contributed by atoms with Crippen molar-refractivity contribution >= 4 is 81.3 Å². The van der Waals surface area contributed by atoms with Gasteiger partial charge in [0.05, 0.1) is 17.7 Å². The van der Waals surface area contributed by atoms with Crippen LogP contribution in [-0.2, 0) is 0 Å². The minimum absolute atomic E-state index is 0.0119. The molecule has 0 atom stereocenters. The third-order valence-electron chi connectivity index (χ3n) is 4.59. The van der Waals surface area contributed by atoms with E-state index in [2.05, 4.69) is 76.0 Å². The summed E-state index contributed by atoms with van der Waals surface area (Å²) in [5.41, 5.74) is 0.409. The zero-order valence-electron chi connectivity index (χ0n) is 16.9. The van der Waals surface area contributed by atoms with E-state index in [4.69, 9.17) is 4.74 Å². The Hall–Kier alpha value is -0.900. The third-order valence-corrected chi connectivity index (χ3v) is 9.36. The zero-order valence-corrected chi connectivity index (χ0v) is 23.3. The van der Waals surface area contributed by atoms with Crippen LogP contribution in [0.1, 0.15) is 66.2 Å². The number of aromatic carboxylic acids is 1. The van der Waals surface area contributed by atoms with Crippen molar-refractivity contribution in [1.82, 2.24) is 0 Å². The Balaban J connectivity index is 2.03. The van der Waals surface area contributed by atoms with Crippen LogP contribution in [0.4, 0.5) is 5.69 Å². The lowest BCUT2D eigenvalue weighted by Crippen LogP contribution is -2.18. The second-order valence-electron chi connectivity index (χ2n) is 6.91. The molecule has 2 N–H and O–H groups in total. The molecule has 2 aromatic carbocycles. The van der Waals surface area contributed by atoms with Crippen molar-refractivity contribution in [3.05, 3.63) is 53.3 Å². The Morgan fingerprint density at radius 1 is 0.839 bits per heavy atom. The van der Waals surface area contributed by atoms with Gasteiger partial charge in [0, 0.05) is 23.6 Å². The molecule has 0 aromatic heterocycles. The van der Waals surface area contributed by atoms with Gasteiger partial charge in [0.25, 0.3) is 5.91 Å². The zero-order chi connectivity index (χ0) is 23.0. The smallest absolute Gasteiger partial charge is 0.337 e. The highest BCUT2D eigenvalue weighted by Gasteiger charge is 2.27. The Morgan fingerprint density at radius 2 is 1.39 bits per heavy atom. The van der Waals surface area contributed by atoms with Gasteiger partial charge < -0.3 is 15.2 Å². The SMILES string of the molecule is CCCCCCCCOc1ccc(NC(=O)c2c(Br)c(Br)c(Br)c(Br)c2C(=O)O)cc1. The number of nitrogens with one attached hydrogen (secondary N) is 1. The Kier molecular flexibility index (Phi) is 11.0. The van der Waals surface area contributed by atoms with E-state index in [9.17, 15) is 14.7 Å². The van der Waals surface area contributed by atoms with E-state index in [-0.39, 0.29) is 15.6 Å². The van der Waals surface area contributed by atoms with Crippen LogP contribution < -0.4 is 10.1 Å². The van der Waals surface area contributed by atoms with Crippen LogP contribution >= 0.6 is 63.7 Å². The number of unbranched alkanes of at least 4 members (excludes halogenated alkanes) is 5. The van der Waals surface area contributed by atoms with Crippen LogP contribution in [0.25, 0.3) is 0 Å². The van der Waals surface area contributed by atoms with E-state index in [1.807, 2.05) is 0 Å². The Labute approximate surface area is 215 Å². The fourth-order valence-electron chi connectivity index (χ4n) is 2.95. The van der Waals surface area contributed by atoms with Gasteiger partial charge in [-0.15, -0.1) is 0 Å². The summed E-state index contributed by atoms with van der Waals surface area (Å²) in [6.45, 7) is 2.86. The van der Waals surface area contributed by atoms with Crippen molar-refractivity contribution in [3.8, 4) is 5.75 Å². The molecule has 0 aliphatic carbocycles. The third kappa shape index (κ3) is 7.30. The van der Waals surface area contributed by atoms with Gasteiger partial charge in [-0.3, -0.25) is 4.79 Å². The number of rotatable bonds is 11. The summed E-state index contributed by atoms with van der Waals surface area (Å²) in [5, 5.41) is 12.4. The van der Waals surface area contributed by atoms with Crippen molar-refractivity contribution in [3.63, 3.8) is 0 Å². The van der Waals surface area contributed by atoms with Gasteiger partial charge in [-0.2, -0.15) is 0 Å². The maximum atomic E-state index is 12.9. The topological polar surface area (TPSA) is 75.6 Å². The number of anilines is 1. The highest BCUT2D eigenvalue weighted by molar-refractivity contribution is 9.15. The van der Waals surface area contributed by atoms with Crippen LogP contribution in [0.2, 0.25) is 0 Å². The molecule has 0 spiro atoms. The molecular formula is C22H23Br4NO4. The van der Waals surface area contributed by atoms with E-state index in [0.717, 1.165) is 18.6 Å². The van der Waals surface area contributed by atoms with Crippen molar-refractivity contribution < 1.29 is 19.4 Å². The lowest BCUT2D eigenvalue weighted by atomic mass is 10.1. The molecule has 1 amide bonds. The number of ether oxygens (including phenoxy) is 1. The average Bonchev–Trinajstić information content (AvgIpc) is 2.74. The van der Waals surface area contributed by atoms with Crippen LogP contribution in [0, 0.1) is 0 Å². The number of hydrogen-bond donors (Lipinski definition) is 2. The van der Waals surface area contributed by atoms with Crippen molar-refractivity contribution in [2.24, 2.45) is 0 Å². The molecule has 168 valence electrons.